The van der Waals surface area contributed by atoms with E-state index in [0.717, 1.165) is 9.87 Å². The van der Waals surface area contributed by atoms with Crippen LogP contribution in [0.15, 0.2) is 54.0 Å². The smallest absolute Gasteiger partial charge is 0.424 e. The summed E-state index contributed by atoms with van der Waals surface area (Å²) in [5.74, 6) is 0. The summed E-state index contributed by atoms with van der Waals surface area (Å²) in [5.41, 5.74) is 1.51. The number of ether oxygens (including phenoxy) is 1. The van der Waals surface area contributed by atoms with E-state index in [9.17, 15) is 13.2 Å². The Morgan fingerprint density at radius 3 is 2.62 bits per heavy atom. The normalized spacial score (nSPS) is 18.4. The quantitative estimate of drug-likeness (QED) is 0.784. The molecule has 1 aromatic carbocycles. The number of rotatable bonds is 5. The lowest BCUT2D eigenvalue weighted by atomic mass is 10.1. The highest BCUT2D eigenvalue weighted by atomic mass is 32.2. The standard InChI is InChI=1S/C15H17NO4S/c1-4-5-12(3)14-10-20-15(17)16(14)21(18,19)13-8-6-11(2)7-9-13/h4,6-9,14H,1,3,5,10H2,2H3/t14-/m1/s1. The number of allylic oxidation sites excluding steroid dienone is 1. The molecule has 5 nitrogen and oxygen atoms in total. The van der Waals surface area contributed by atoms with Gasteiger partial charge < -0.3 is 4.74 Å². The Morgan fingerprint density at radius 2 is 2.05 bits per heavy atom. The lowest BCUT2D eigenvalue weighted by Crippen LogP contribution is -2.39. The fraction of sp³-hybridized carbons (Fsp3) is 0.267. The number of carbonyl (C=O) groups excluding carboxylic acids is 1. The van der Waals surface area contributed by atoms with Crippen molar-refractivity contribution in [3.05, 3.63) is 54.6 Å². The molecule has 0 aliphatic carbocycles. The van der Waals surface area contributed by atoms with E-state index in [1.807, 2.05) is 6.92 Å². The number of aryl methyl sites for hydroxylation is 1. The van der Waals surface area contributed by atoms with Crippen molar-refractivity contribution >= 4 is 16.1 Å². The Kier molecular flexibility index (Phi) is 4.18. The van der Waals surface area contributed by atoms with Crippen molar-refractivity contribution in [1.82, 2.24) is 4.31 Å². The Balaban J connectivity index is 2.40. The highest BCUT2D eigenvalue weighted by Gasteiger charge is 2.43. The maximum atomic E-state index is 12.6. The second kappa shape index (κ2) is 5.73. The summed E-state index contributed by atoms with van der Waals surface area (Å²) in [6.07, 6.45) is 1.16. The molecule has 1 heterocycles. The molecule has 0 spiro atoms. The summed E-state index contributed by atoms with van der Waals surface area (Å²) in [6, 6.07) is 5.62. The number of carbonyl (C=O) groups is 1. The molecule has 0 radical (unpaired) electrons. The highest BCUT2D eigenvalue weighted by molar-refractivity contribution is 7.89. The van der Waals surface area contributed by atoms with E-state index >= 15 is 0 Å². The number of hydrogen-bond donors (Lipinski definition) is 0. The second-order valence-electron chi connectivity index (χ2n) is 4.86. The molecule has 112 valence electrons. The Morgan fingerprint density at radius 1 is 1.43 bits per heavy atom. The van der Waals surface area contributed by atoms with Gasteiger partial charge in [0.25, 0.3) is 10.0 Å². The predicted octanol–water partition coefficient (Wildman–Crippen LogP) is 2.64. The van der Waals surface area contributed by atoms with Gasteiger partial charge in [0.1, 0.15) is 12.6 Å². The van der Waals surface area contributed by atoms with Crippen LogP contribution in [-0.2, 0) is 14.8 Å². The summed E-state index contributed by atoms with van der Waals surface area (Å²) >= 11 is 0. The number of cyclic esters (lactones) is 1. The lowest BCUT2D eigenvalue weighted by molar-refractivity contribution is 0.170. The molecule has 0 bridgehead atoms. The molecule has 21 heavy (non-hydrogen) atoms. The topological polar surface area (TPSA) is 63.7 Å². The van der Waals surface area contributed by atoms with Crippen molar-refractivity contribution in [3.63, 3.8) is 0 Å². The molecular formula is C15H17NO4S. The Labute approximate surface area is 124 Å². The van der Waals surface area contributed by atoms with Gasteiger partial charge in [-0.2, -0.15) is 4.31 Å². The lowest BCUT2D eigenvalue weighted by Gasteiger charge is -2.22. The van der Waals surface area contributed by atoms with Crippen LogP contribution in [0.2, 0.25) is 0 Å². The van der Waals surface area contributed by atoms with Gasteiger partial charge in [-0.25, -0.2) is 13.2 Å². The zero-order valence-corrected chi connectivity index (χ0v) is 12.6. The molecule has 0 N–H and O–H groups in total. The minimum atomic E-state index is -3.95. The average Bonchev–Trinajstić information content (AvgIpc) is 2.82. The predicted molar refractivity (Wildman–Crippen MR) is 79.3 cm³/mol. The number of nitrogens with zero attached hydrogens (tertiary/aromatic N) is 1. The Bertz CT molecular complexity index is 676. The minimum absolute atomic E-state index is 0.0173. The second-order valence-corrected chi connectivity index (χ2v) is 6.67. The maximum absolute atomic E-state index is 12.6. The third-order valence-corrected chi connectivity index (χ3v) is 5.07. The van der Waals surface area contributed by atoms with Crippen LogP contribution in [0.4, 0.5) is 4.79 Å². The van der Waals surface area contributed by atoms with E-state index in [1.165, 1.54) is 12.1 Å². The summed E-state index contributed by atoms with van der Waals surface area (Å²) in [5, 5.41) is 0. The summed E-state index contributed by atoms with van der Waals surface area (Å²) in [7, 11) is -3.95. The molecular weight excluding hydrogens is 290 g/mol. The van der Waals surface area contributed by atoms with Gasteiger partial charge >= 0.3 is 6.09 Å². The first kappa shape index (κ1) is 15.3. The van der Waals surface area contributed by atoms with E-state index in [1.54, 1.807) is 18.2 Å². The van der Waals surface area contributed by atoms with Gasteiger partial charge in [-0.1, -0.05) is 30.4 Å². The molecule has 1 aliphatic rings. The molecule has 0 unspecified atom stereocenters. The van der Waals surface area contributed by atoms with Gasteiger partial charge in [0.05, 0.1) is 4.90 Å². The van der Waals surface area contributed by atoms with Crippen LogP contribution in [0.5, 0.6) is 0 Å². The van der Waals surface area contributed by atoms with Crippen molar-refractivity contribution in [1.29, 1.82) is 0 Å². The van der Waals surface area contributed by atoms with Crippen LogP contribution in [-0.4, -0.2) is 31.5 Å². The molecule has 1 saturated heterocycles. The molecule has 0 aromatic heterocycles. The maximum Gasteiger partial charge on any atom is 0.424 e. The number of benzene rings is 1. The van der Waals surface area contributed by atoms with Gasteiger partial charge in [-0.15, -0.1) is 6.58 Å². The van der Waals surface area contributed by atoms with Gasteiger partial charge in [-0.05, 0) is 31.1 Å². The van der Waals surface area contributed by atoms with Crippen molar-refractivity contribution < 1.29 is 17.9 Å². The van der Waals surface area contributed by atoms with Crippen molar-refractivity contribution in [2.75, 3.05) is 6.61 Å². The Hall–Kier alpha value is -2.08. The fourth-order valence-electron chi connectivity index (χ4n) is 2.10. The van der Waals surface area contributed by atoms with Gasteiger partial charge in [-0.3, -0.25) is 0 Å². The van der Waals surface area contributed by atoms with E-state index in [0.29, 0.717) is 12.0 Å². The number of hydrogen-bond acceptors (Lipinski definition) is 4. The van der Waals surface area contributed by atoms with Crippen molar-refractivity contribution in [2.24, 2.45) is 0 Å². The van der Waals surface area contributed by atoms with E-state index in [4.69, 9.17) is 4.74 Å². The third-order valence-electron chi connectivity index (χ3n) is 3.28. The molecule has 1 fully saturated rings. The SMILES string of the molecule is C=CCC(=C)[C@H]1COC(=O)N1S(=O)(=O)c1ccc(C)cc1. The van der Waals surface area contributed by atoms with Crippen LogP contribution in [0.1, 0.15) is 12.0 Å². The first-order valence-corrected chi connectivity index (χ1v) is 7.88. The van der Waals surface area contributed by atoms with Crippen LogP contribution in [0.25, 0.3) is 0 Å². The van der Waals surface area contributed by atoms with Crippen molar-refractivity contribution in [2.45, 2.75) is 24.3 Å². The first-order valence-electron chi connectivity index (χ1n) is 6.44. The molecule has 1 aliphatic heterocycles. The molecule has 1 amide bonds. The average molecular weight is 307 g/mol. The van der Waals surface area contributed by atoms with Gasteiger partial charge in [0.2, 0.25) is 0 Å². The summed E-state index contributed by atoms with van der Waals surface area (Å²) in [4.78, 5) is 11.9. The van der Waals surface area contributed by atoms with Crippen molar-refractivity contribution in [3.8, 4) is 0 Å². The van der Waals surface area contributed by atoms with E-state index in [-0.39, 0.29) is 11.5 Å². The molecule has 1 aromatic rings. The van der Waals surface area contributed by atoms with Gasteiger partial charge in [0.15, 0.2) is 0 Å². The molecule has 2 rings (SSSR count). The minimum Gasteiger partial charge on any atom is -0.446 e. The molecule has 1 atom stereocenters. The molecule has 0 saturated carbocycles. The monoisotopic (exact) mass is 307 g/mol. The highest BCUT2D eigenvalue weighted by Crippen LogP contribution is 2.28. The summed E-state index contributed by atoms with van der Waals surface area (Å²) in [6.45, 7) is 9.25. The van der Waals surface area contributed by atoms with Gasteiger partial charge in [0, 0.05) is 0 Å². The fourth-order valence-corrected chi connectivity index (χ4v) is 3.60. The largest absolute Gasteiger partial charge is 0.446 e. The summed E-state index contributed by atoms with van der Waals surface area (Å²) < 4.78 is 30.9. The third kappa shape index (κ3) is 2.85. The van der Waals surface area contributed by atoms with Crippen LogP contribution >= 0.6 is 0 Å². The van der Waals surface area contributed by atoms with E-state index in [2.05, 4.69) is 13.2 Å². The number of amides is 1. The number of sulfonamides is 1. The zero-order chi connectivity index (χ0) is 15.6. The van der Waals surface area contributed by atoms with E-state index < -0.39 is 22.2 Å². The van der Waals surface area contributed by atoms with Crippen LogP contribution in [0, 0.1) is 6.92 Å². The first-order chi connectivity index (χ1) is 9.87. The van der Waals surface area contributed by atoms with Crippen LogP contribution < -0.4 is 0 Å². The molecule has 6 heteroatoms. The zero-order valence-electron chi connectivity index (χ0n) is 11.8. The van der Waals surface area contributed by atoms with Crippen LogP contribution in [0.3, 0.4) is 0 Å².